The summed E-state index contributed by atoms with van der Waals surface area (Å²) < 4.78 is 6.89. The number of carbonyl (C=O) groups is 1. The average Bonchev–Trinajstić information content (AvgIpc) is 2.99. The van der Waals surface area contributed by atoms with Crippen LogP contribution < -0.4 is 10.1 Å². The summed E-state index contributed by atoms with van der Waals surface area (Å²) >= 11 is 0. The minimum atomic E-state index is -0.901. The van der Waals surface area contributed by atoms with Crippen molar-refractivity contribution in [3.63, 3.8) is 0 Å². The fourth-order valence-corrected chi connectivity index (χ4v) is 2.71. The van der Waals surface area contributed by atoms with E-state index in [1.807, 2.05) is 31.2 Å². The smallest absolute Gasteiger partial charge is 0.307 e. The molecule has 3 rings (SSSR count). The number of hydrogen-bond acceptors (Lipinski definition) is 6. The van der Waals surface area contributed by atoms with Crippen LogP contribution in [0.2, 0.25) is 0 Å². The van der Waals surface area contributed by atoms with Gasteiger partial charge < -0.3 is 15.2 Å². The van der Waals surface area contributed by atoms with Crippen molar-refractivity contribution < 1.29 is 14.6 Å². The first kappa shape index (κ1) is 16.7. The van der Waals surface area contributed by atoms with Crippen molar-refractivity contribution in [3.8, 4) is 5.75 Å². The first-order valence-electron chi connectivity index (χ1n) is 7.80. The molecule has 0 saturated heterocycles. The number of carboxylic acids is 1. The van der Waals surface area contributed by atoms with Crippen LogP contribution in [-0.4, -0.2) is 37.8 Å². The number of nitrogens with zero attached hydrogens (tertiary/aromatic N) is 4. The number of rotatable bonds is 6. The third kappa shape index (κ3) is 3.37. The molecule has 1 aromatic carbocycles. The van der Waals surface area contributed by atoms with Crippen LogP contribution in [0.5, 0.6) is 5.75 Å². The van der Waals surface area contributed by atoms with Gasteiger partial charge in [0, 0.05) is 29.1 Å². The Hall–Kier alpha value is -3.16. The quantitative estimate of drug-likeness (QED) is 0.707. The van der Waals surface area contributed by atoms with Gasteiger partial charge in [0.1, 0.15) is 5.75 Å². The molecule has 0 atom stereocenters. The Morgan fingerprint density at radius 1 is 1.28 bits per heavy atom. The lowest BCUT2D eigenvalue weighted by molar-refractivity contribution is -0.136. The van der Waals surface area contributed by atoms with Gasteiger partial charge in [-0.2, -0.15) is 9.50 Å². The van der Waals surface area contributed by atoms with Gasteiger partial charge in [0.2, 0.25) is 5.95 Å². The number of fused-ring (bicyclic) bond motifs is 1. The molecule has 0 amide bonds. The third-order valence-electron chi connectivity index (χ3n) is 4.01. The molecule has 0 fully saturated rings. The molecular formula is C17H19N5O3. The molecular weight excluding hydrogens is 322 g/mol. The molecule has 25 heavy (non-hydrogen) atoms. The summed E-state index contributed by atoms with van der Waals surface area (Å²) in [4.78, 5) is 19.8. The largest absolute Gasteiger partial charge is 0.496 e. The molecule has 2 N–H and O–H groups in total. The van der Waals surface area contributed by atoms with Crippen LogP contribution in [0.1, 0.15) is 22.5 Å². The average molecular weight is 341 g/mol. The molecule has 0 spiro atoms. The molecule has 0 saturated carbocycles. The van der Waals surface area contributed by atoms with E-state index in [1.165, 1.54) is 0 Å². The van der Waals surface area contributed by atoms with Gasteiger partial charge >= 0.3 is 5.97 Å². The van der Waals surface area contributed by atoms with Crippen LogP contribution in [0.3, 0.4) is 0 Å². The zero-order chi connectivity index (χ0) is 18.0. The third-order valence-corrected chi connectivity index (χ3v) is 4.01. The molecule has 0 aliphatic rings. The fourth-order valence-electron chi connectivity index (χ4n) is 2.71. The van der Waals surface area contributed by atoms with Crippen molar-refractivity contribution in [1.82, 2.24) is 19.6 Å². The predicted molar refractivity (Wildman–Crippen MR) is 91.9 cm³/mol. The van der Waals surface area contributed by atoms with Crippen molar-refractivity contribution in [3.05, 3.63) is 46.8 Å². The maximum Gasteiger partial charge on any atom is 0.307 e. The highest BCUT2D eigenvalue weighted by Crippen LogP contribution is 2.19. The summed E-state index contributed by atoms with van der Waals surface area (Å²) in [5.74, 6) is 0.745. The second kappa shape index (κ2) is 6.76. The molecule has 8 heteroatoms. The Kier molecular flexibility index (Phi) is 4.51. The maximum absolute atomic E-state index is 11.0. The molecule has 0 aliphatic heterocycles. The Balaban J connectivity index is 1.88. The summed E-state index contributed by atoms with van der Waals surface area (Å²) in [6.07, 6.45) is -0.0928. The molecule has 3 aromatic rings. The summed E-state index contributed by atoms with van der Waals surface area (Å²) in [6, 6.07) is 7.69. The zero-order valence-corrected chi connectivity index (χ0v) is 14.3. The SMILES string of the molecule is COc1ccccc1CNc1nc2nc(C)c(CC(=O)O)c(C)n2n1. The minimum Gasteiger partial charge on any atom is -0.496 e. The topological polar surface area (TPSA) is 102 Å². The molecule has 0 unspecified atom stereocenters. The number of nitrogens with one attached hydrogen (secondary N) is 1. The van der Waals surface area contributed by atoms with Crippen LogP contribution in [-0.2, 0) is 17.8 Å². The van der Waals surface area contributed by atoms with Crippen molar-refractivity contribution in [2.75, 3.05) is 12.4 Å². The van der Waals surface area contributed by atoms with Crippen molar-refractivity contribution in [2.45, 2.75) is 26.8 Å². The van der Waals surface area contributed by atoms with E-state index in [9.17, 15) is 4.79 Å². The number of hydrogen-bond donors (Lipinski definition) is 2. The summed E-state index contributed by atoms with van der Waals surface area (Å²) in [5, 5.41) is 16.6. The van der Waals surface area contributed by atoms with Crippen LogP contribution in [0, 0.1) is 13.8 Å². The molecule has 0 aliphatic carbocycles. The number of aryl methyl sites for hydroxylation is 2. The summed E-state index contributed by atoms with van der Waals surface area (Å²) in [7, 11) is 1.63. The van der Waals surface area contributed by atoms with Crippen molar-refractivity contribution in [2.24, 2.45) is 0 Å². The van der Waals surface area contributed by atoms with Crippen molar-refractivity contribution in [1.29, 1.82) is 0 Å². The highest BCUT2D eigenvalue weighted by Gasteiger charge is 2.15. The number of carboxylic acid groups (broad SMARTS) is 1. The summed E-state index contributed by atoms with van der Waals surface area (Å²) in [6.45, 7) is 4.10. The van der Waals surface area contributed by atoms with Gasteiger partial charge in [-0.25, -0.2) is 4.98 Å². The van der Waals surface area contributed by atoms with E-state index in [0.717, 1.165) is 17.0 Å². The number of methoxy groups -OCH3 is 1. The monoisotopic (exact) mass is 341 g/mol. The molecule has 2 aromatic heterocycles. The Labute approximate surface area is 144 Å². The van der Waals surface area contributed by atoms with Crippen LogP contribution in [0.25, 0.3) is 5.78 Å². The lowest BCUT2D eigenvalue weighted by Gasteiger charge is -2.08. The van der Waals surface area contributed by atoms with Gasteiger partial charge in [-0.05, 0) is 19.9 Å². The van der Waals surface area contributed by atoms with Gasteiger partial charge in [0.05, 0.1) is 13.5 Å². The number of aromatic nitrogens is 4. The fraction of sp³-hybridized carbons (Fsp3) is 0.294. The van der Waals surface area contributed by atoms with Crippen molar-refractivity contribution >= 4 is 17.7 Å². The first-order valence-corrected chi connectivity index (χ1v) is 7.80. The number of aliphatic carboxylic acids is 1. The van der Waals surface area contributed by atoms with Crippen LogP contribution in [0.15, 0.2) is 24.3 Å². The lowest BCUT2D eigenvalue weighted by Crippen LogP contribution is -2.10. The van der Waals surface area contributed by atoms with Gasteiger partial charge in [-0.1, -0.05) is 18.2 Å². The van der Waals surface area contributed by atoms with Gasteiger partial charge in [-0.15, -0.1) is 5.10 Å². The number of ether oxygens (including phenoxy) is 1. The number of benzene rings is 1. The minimum absolute atomic E-state index is 0.0928. The van der Waals surface area contributed by atoms with Gasteiger partial charge in [-0.3, -0.25) is 4.79 Å². The molecule has 0 bridgehead atoms. The first-order chi connectivity index (χ1) is 12.0. The van der Waals surface area contributed by atoms with E-state index in [-0.39, 0.29) is 6.42 Å². The standard InChI is InChI=1S/C17H19N5O3/c1-10-13(8-15(23)24)11(2)22-17(19-10)20-16(21-22)18-9-12-6-4-5-7-14(12)25-3/h4-7H,8-9H2,1-3H3,(H,18,21)(H,23,24). The van der Waals surface area contributed by atoms with Crippen LogP contribution >= 0.6 is 0 Å². The van der Waals surface area contributed by atoms with E-state index in [4.69, 9.17) is 9.84 Å². The van der Waals surface area contributed by atoms with E-state index in [0.29, 0.717) is 29.5 Å². The molecule has 130 valence electrons. The molecule has 8 nitrogen and oxygen atoms in total. The van der Waals surface area contributed by atoms with Crippen LogP contribution in [0.4, 0.5) is 5.95 Å². The van der Waals surface area contributed by atoms with E-state index in [2.05, 4.69) is 20.4 Å². The predicted octanol–water partition coefficient (Wildman–Crippen LogP) is 1.99. The highest BCUT2D eigenvalue weighted by molar-refractivity contribution is 5.71. The second-order valence-corrected chi connectivity index (χ2v) is 5.64. The zero-order valence-electron chi connectivity index (χ0n) is 14.3. The maximum atomic E-state index is 11.0. The van der Waals surface area contributed by atoms with E-state index < -0.39 is 5.97 Å². The molecule has 2 heterocycles. The molecule has 0 radical (unpaired) electrons. The summed E-state index contributed by atoms with van der Waals surface area (Å²) in [5.41, 5.74) is 3.01. The lowest BCUT2D eigenvalue weighted by atomic mass is 10.1. The van der Waals surface area contributed by atoms with E-state index >= 15 is 0 Å². The van der Waals surface area contributed by atoms with Gasteiger partial charge in [0.25, 0.3) is 5.78 Å². The second-order valence-electron chi connectivity index (χ2n) is 5.64. The Morgan fingerprint density at radius 2 is 2.04 bits per heavy atom. The normalized spacial score (nSPS) is 10.8. The Morgan fingerprint density at radius 3 is 2.76 bits per heavy atom. The number of para-hydroxylation sites is 1. The number of anilines is 1. The highest BCUT2D eigenvalue weighted by atomic mass is 16.5. The Bertz CT molecular complexity index is 935. The van der Waals surface area contributed by atoms with E-state index in [1.54, 1.807) is 18.5 Å². The van der Waals surface area contributed by atoms with Gasteiger partial charge in [0.15, 0.2) is 0 Å².